The van der Waals surface area contributed by atoms with Crippen molar-refractivity contribution in [1.29, 1.82) is 0 Å². The second-order valence-electron chi connectivity index (χ2n) is 6.20. The molecule has 0 radical (unpaired) electrons. The molecule has 2 heterocycles. The molecular weight excluding hydrogens is 304 g/mol. The van der Waals surface area contributed by atoms with Gasteiger partial charge in [-0.15, -0.1) is 0 Å². The molecule has 6 nitrogen and oxygen atoms in total. The van der Waals surface area contributed by atoms with E-state index in [2.05, 4.69) is 12.2 Å². The Labute approximate surface area is 141 Å². The highest BCUT2D eigenvalue weighted by Gasteiger charge is 2.23. The summed E-state index contributed by atoms with van der Waals surface area (Å²) in [6, 6.07) is 5.45. The number of aryl methyl sites for hydroxylation is 1. The third kappa shape index (κ3) is 3.01. The van der Waals surface area contributed by atoms with Gasteiger partial charge in [0, 0.05) is 44.6 Å². The third-order valence-electron chi connectivity index (χ3n) is 4.53. The zero-order valence-corrected chi connectivity index (χ0v) is 14.0. The maximum atomic E-state index is 12.9. The van der Waals surface area contributed by atoms with Crippen molar-refractivity contribution in [2.45, 2.75) is 26.3 Å². The summed E-state index contributed by atoms with van der Waals surface area (Å²) in [5, 5.41) is 3.67. The molecule has 0 saturated carbocycles. The molecule has 2 aromatic rings. The van der Waals surface area contributed by atoms with Crippen molar-refractivity contribution in [3.05, 3.63) is 40.2 Å². The van der Waals surface area contributed by atoms with E-state index in [4.69, 9.17) is 5.73 Å². The minimum Gasteiger partial charge on any atom is -0.398 e. The fourth-order valence-electron chi connectivity index (χ4n) is 3.17. The van der Waals surface area contributed by atoms with Crippen molar-refractivity contribution in [3.63, 3.8) is 0 Å². The quantitative estimate of drug-likeness (QED) is 0.832. The van der Waals surface area contributed by atoms with E-state index >= 15 is 0 Å². The first kappa shape index (κ1) is 16.5. The maximum absolute atomic E-state index is 12.9. The van der Waals surface area contributed by atoms with E-state index in [0.717, 1.165) is 38.0 Å². The molecule has 0 unspecified atom stereocenters. The zero-order chi connectivity index (χ0) is 17.1. The van der Waals surface area contributed by atoms with Gasteiger partial charge in [-0.05, 0) is 18.6 Å². The van der Waals surface area contributed by atoms with Crippen LogP contribution in [0.1, 0.15) is 30.1 Å². The van der Waals surface area contributed by atoms with Gasteiger partial charge in [-0.2, -0.15) is 0 Å². The Kier molecular flexibility index (Phi) is 4.85. The first-order valence-corrected chi connectivity index (χ1v) is 8.55. The van der Waals surface area contributed by atoms with Crippen LogP contribution < -0.4 is 16.5 Å². The number of nitrogen functional groups attached to an aromatic ring is 1. The van der Waals surface area contributed by atoms with E-state index < -0.39 is 0 Å². The number of anilines is 1. The molecule has 1 aromatic heterocycles. The van der Waals surface area contributed by atoms with Gasteiger partial charge in [0.2, 0.25) is 5.43 Å². The van der Waals surface area contributed by atoms with Crippen molar-refractivity contribution in [3.8, 4) is 0 Å². The van der Waals surface area contributed by atoms with Crippen LogP contribution in [0.4, 0.5) is 5.69 Å². The number of nitrogens with two attached hydrogens (primary N) is 1. The van der Waals surface area contributed by atoms with Crippen LogP contribution in [0.3, 0.4) is 0 Å². The predicted octanol–water partition coefficient (Wildman–Crippen LogP) is 1.43. The minimum atomic E-state index is -0.264. The lowest BCUT2D eigenvalue weighted by Gasteiger charge is -2.27. The molecule has 24 heavy (non-hydrogen) atoms. The van der Waals surface area contributed by atoms with Crippen LogP contribution in [-0.2, 0) is 6.54 Å². The van der Waals surface area contributed by atoms with Gasteiger partial charge in [0.15, 0.2) is 0 Å². The average molecular weight is 328 g/mol. The molecule has 0 aliphatic carbocycles. The molecule has 1 aliphatic rings. The summed E-state index contributed by atoms with van der Waals surface area (Å²) in [5.41, 5.74) is 7.24. The molecule has 1 saturated heterocycles. The average Bonchev–Trinajstić information content (AvgIpc) is 2.61. The van der Waals surface area contributed by atoms with E-state index in [1.54, 1.807) is 17.2 Å². The Bertz CT molecular complexity index is 807. The highest BCUT2D eigenvalue weighted by molar-refractivity contribution is 6.00. The maximum Gasteiger partial charge on any atom is 0.259 e. The van der Waals surface area contributed by atoms with E-state index in [9.17, 15) is 9.59 Å². The fourth-order valence-corrected chi connectivity index (χ4v) is 3.17. The van der Waals surface area contributed by atoms with Crippen molar-refractivity contribution in [1.82, 2.24) is 14.8 Å². The monoisotopic (exact) mass is 328 g/mol. The van der Waals surface area contributed by atoms with Gasteiger partial charge in [0.25, 0.3) is 5.91 Å². The third-order valence-corrected chi connectivity index (χ3v) is 4.53. The van der Waals surface area contributed by atoms with Crippen LogP contribution in [0.2, 0.25) is 0 Å². The molecule has 3 rings (SSSR count). The van der Waals surface area contributed by atoms with E-state index in [1.165, 1.54) is 0 Å². The number of fused-ring (bicyclic) bond motifs is 1. The van der Waals surface area contributed by atoms with Gasteiger partial charge < -0.3 is 20.5 Å². The lowest BCUT2D eigenvalue weighted by atomic mass is 10.1. The van der Waals surface area contributed by atoms with Crippen molar-refractivity contribution >= 4 is 22.5 Å². The normalized spacial score (nSPS) is 15.0. The van der Waals surface area contributed by atoms with Crippen LogP contribution in [0.5, 0.6) is 0 Å². The molecule has 1 aliphatic heterocycles. The number of carbonyl (C=O) groups excluding carboxylic acids is 1. The van der Waals surface area contributed by atoms with Crippen LogP contribution in [0.15, 0.2) is 29.2 Å². The Morgan fingerprint density at radius 2 is 2.04 bits per heavy atom. The van der Waals surface area contributed by atoms with E-state index in [0.29, 0.717) is 24.2 Å². The second-order valence-corrected chi connectivity index (χ2v) is 6.20. The van der Waals surface area contributed by atoms with Crippen LogP contribution >= 0.6 is 0 Å². The summed E-state index contributed by atoms with van der Waals surface area (Å²) in [6.07, 6.45) is 3.73. The molecular formula is C18H24N4O2. The molecule has 1 fully saturated rings. The van der Waals surface area contributed by atoms with Crippen molar-refractivity contribution in [2.75, 3.05) is 31.9 Å². The summed E-state index contributed by atoms with van der Waals surface area (Å²) in [4.78, 5) is 27.5. The van der Waals surface area contributed by atoms with Gasteiger partial charge >= 0.3 is 0 Å². The van der Waals surface area contributed by atoms with Gasteiger partial charge in [0.1, 0.15) is 5.56 Å². The summed E-state index contributed by atoms with van der Waals surface area (Å²) in [7, 11) is 0. The number of rotatable bonds is 4. The summed E-state index contributed by atoms with van der Waals surface area (Å²) in [5.74, 6) is -0.197. The number of unbranched alkanes of at least 4 members (excludes halogenated alkanes) is 1. The number of nitrogens with one attached hydrogen (secondary N) is 1. The molecule has 0 spiro atoms. The number of piperazine rings is 1. The summed E-state index contributed by atoms with van der Waals surface area (Å²) >= 11 is 0. The van der Waals surface area contributed by atoms with Gasteiger partial charge in [0.05, 0.1) is 10.9 Å². The van der Waals surface area contributed by atoms with Gasteiger partial charge in [-0.25, -0.2) is 0 Å². The van der Waals surface area contributed by atoms with Crippen molar-refractivity contribution < 1.29 is 4.79 Å². The Hall–Kier alpha value is -2.34. The van der Waals surface area contributed by atoms with Crippen molar-refractivity contribution in [2.24, 2.45) is 0 Å². The minimum absolute atomic E-state index is 0.197. The summed E-state index contributed by atoms with van der Waals surface area (Å²) < 4.78 is 1.99. The topological polar surface area (TPSA) is 80.4 Å². The predicted molar refractivity (Wildman–Crippen MR) is 96.3 cm³/mol. The van der Waals surface area contributed by atoms with E-state index in [1.807, 2.05) is 16.7 Å². The lowest BCUT2D eigenvalue weighted by molar-refractivity contribution is 0.0734. The number of amides is 1. The molecule has 128 valence electrons. The number of aromatic nitrogens is 1. The highest BCUT2D eigenvalue weighted by Crippen LogP contribution is 2.19. The first-order valence-electron chi connectivity index (χ1n) is 8.55. The molecule has 3 N–H and O–H groups in total. The van der Waals surface area contributed by atoms with Crippen LogP contribution in [0, 0.1) is 0 Å². The zero-order valence-electron chi connectivity index (χ0n) is 14.0. The number of hydrogen-bond donors (Lipinski definition) is 2. The van der Waals surface area contributed by atoms with E-state index in [-0.39, 0.29) is 16.9 Å². The number of carbonyl (C=O) groups is 1. The lowest BCUT2D eigenvalue weighted by Crippen LogP contribution is -2.47. The molecule has 1 amide bonds. The van der Waals surface area contributed by atoms with Crippen LogP contribution in [-0.4, -0.2) is 41.6 Å². The molecule has 0 atom stereocenters. The first-order chi connectivity index (χ1) is 11.6. The standard InChI is InChI=1S/C18H24N4O2/c1-2-3-9-22-12-13(18(24)21-10-7-20-8-11-21)17(23)16-14(19)5-4-6-15(16)22/h4-6,12,20H,2-3,7-11,19H2,1H3. The number of nitrogens with zero attached hydrogens (tertiary/aromatic N) is 2. The number of pyridine rings is 1. The largest absolute Gasteiger partial charge is 0.398 e. The van der Waals surface area contributed by atoms with Crippen LogP contribution in [0.25, 0.3) is 10.9 Å². The second kappa shape index (κ2) is 7.05. The van der Waals surface area contributed by atoms with Gasteiger partial charge in [-0.1, -0.05) is 19.4 Å². The molecule has 0 bridgehead atoms. The number of benzene rings is 1. The fraction of sp³-hybridized carbons (Fsp3) is 0.444. The molecule has 6 heteroatoms. The molecule has 1 aromatic carbocycles. The Morgan fingerprint density at radius 3 is 2.75 bits per heavy atom. The smallest absolute Gasteiger partial charge is 0.259 e. The van der Waals surface area contributed by atoms with Gasteiger partial charge in [-0.3, -0.25) is 9.59 Å². The SMILES string of the molecule is CCCCn1cc(C(=O)N2CCNCC2)c(=O)c2c(N)cccc21. The highest BCUT2D eigenvalue weighted by atomic mass is 16.2. The summed E-state index contributed by atoms with van der Waals surface area (Å²) in [6.45, 7) is 5.63. The Balaban J connectivity index is 2.13. The Morgan fingerprint density at radius 1 is 1.29 bits per heavy atom. The number of hydrogen-bond acceptors (Lipinski definition) is 4.